The fourth-order valence-electron chi connectivity index (χ4n) is 1.78. The van der Waals surface area contributed by atoms with Crippen LogP contribution in [0.25, 0.3) is 0 Å². The third-order valence-electron chi connectivity index (χ3n) is 2.93. The van der Waals surface area contributed by atoms with Crippen molar-refractivity contribution in [2.75, 3.05) is 37.0 Å². The number of aromatic nitrogens is 1. The zero-order valence-corrected chi connectivity index (χ0v) is 12.0. The van der Waals surface area contributed by atoms with E-state index in [1.165, 1.54) is 0 Å². The minimum Gasteiger partial charge on any atom is -0.481 e. The molecule has 0 aliphatic carbocycles. The maximum absolute atomic E-state index is 10.7. The topological polar surface area (TPSA) is 56.7 Å². The summed E-state index contributed by atoms with van der Waals surface area (Å²) < 4.78 is 0. The number of aliphatic carboxylic acids is 1. The molecule has 0 aliphatic heterocycles. The lowest BCUT2D eigenvalue weighted by Crippen LogP contribution is -2.27. The highest BCUT2D eigenvalue weighted by molar-refractivity contribution is 5.67. The Morgan fingerprint density at radius 1 is 1.32 bits per heavy atom. The molecule has 1 aromatic rings. The van der Waals surface area contributed by atoms with E-state index in [4.69, 9.17) is 5.11 Å². The molecule has 0 atom stereocenters. The van der Waals surface area contributed by atoms with Gasteiger partial charge in [-0.15, -0.1) is 0 Å². The van der Waals surface area contributed by atoms with E-state index in [1.54, 1.807) is 0 Å². The molecular formula is C14H23N3O2. The van der Waals surface area contributed by atoms with Crippen LogP contribution >= 0.6 is 0 Å². The first-order valence-electron chi connectivity index (χ1n) is 6.64. The summed E-state index contributed by atoms with van der Waals surface area (Å²) in [7, 11) is 3.89. The number of hydrogen-bond acceptors (Lipinski definition) is 4. The zero-order valence-electron chi connectivity index (χ0n) is 12.0. The molecule has 0 unspecified atom stereocenters. The second kappa shape index (κ2) is 7.61. The van der Waals surface area contributed by atoms with Crippen molar-refractivity contribution in [3.05, 3.63) is 18.3 Å². The minimum atomic E-state index is -0.764. The molecule has 0 amide bonds. The second-order valence-corrected chi connectivity index (χ2v) is 4.75. The van der Waals surface area contributed by atoms with Crippen LogP contribution in [0.15, 0.2) is 18.3 Å². The van der Waals surface area contributed by atoms with Gasteiger partial charge >= 0.3 is 5.97 Å². The zero-order chi connectivity index (χ0) is 14.3. The molecule has 0 spiro atoms. The van der Waals surface area contributed by atoms with Gasteiger partial charge in [0.05, 0.1) is 18.3 Å². The molecular weight excluding hydrogens is 242 g/mol. The van der Waals surface area contributed by atoms with Gasteiger partial charge < -0.3 is 14.9 Å². The van der Waals surface area contributed by atoms with Crippen molar-refractivity contribution in [2.45, 2.75) is 26.2 Å². The van der Waals surface area contributed by atoms with Crippen LogP contribution in [-0.2, 0) is 4.79 Å². The van der Waals surface area contributed by atoms with E-state index in [2.05, 4.69) is 16.8 Å². The first-order valence-corrected chi connectivity index (χ1v) is 6.64. The molecule has 1 N–H and O–H groups in total. The van der Waals surface area contributed by atoms with Crippen LogP contribution in [0.4, 0.5) is 11.5 Å². The van der Waals surface area contributed by atoms with Gasteiger partial charge in [0.2, 0.25) is 0 Å². The van der Waals surface area contributed by atoms with Gasteiger partial charge in [-0.2, -0.15) is 0 Å². The quantitative estimate of drug-likeness (QED) is 0.781. The van der Waals surface area contributed by atoms with Crippen molar-refractivity contribution < 1.29 is 9.90 Å². The van der Waals surface area contributed by atoms with Crippen LogP contribution in [0, 0.1) is 0 Å². The van der Waals surface area contributed by atoms with Gasteiger partial charge in [0.1, 0.15) is 5.82 Å². The summed E-state index contributed by atoms with van der Waals surface area (Å²) in [6.45, 7) is 3.52. The molecule has 106 valence electrons. The monoisotopic (exact) mass is 265 g/mol. The average Bonchev–Trinajstić information content (AvgIpc) is 2.39. The molecule has 0 saturated heterocycles. The van der Waals surface area contributed by atoms with Gasteiger partial charge in [-0.05, 0) is 18.6 Å². The van der Waals surface area contributed by atoms with Gasteiger partial charge in [0.25, 0.3) is 0 Å². The molecule has 1 rings (SSSR count). The van der Waals surface area contributed by atoms with Crippen molar-refractivity contribution in [1.82, 2.24) is 4.98 Å². The largest absolute Gasteiger partial charge is 0.481 e. The first-order chi connectivity index (χ1) is 9.04. The Morgan fingerprint density at radius 2 is 2.05 bits per heavy atom. The van der Waals surface area contributed by atoms with Crippen molar-refractivity contribution in [3.63, 3.8) is 0 Å². The van der Waals surface area contributed by atoms with Crippen molar-refractivity contribution >= 4 is 17.5 Å². The number of carboxylic acids is 1. The maximum atomic E-state index is 10.7. The predicted octanol–water partition coefficient (Wildman–Crippen LogP) is 2.23. The molecule has 0 bridgehead atoms. The summed E-state index contributed by atoms with van der Waals surface area (Å²) in [6, 6.07) is 3.95. The van der Waals surface area contributed by atoms with Crippen LogP contribution in [-0.4, -0.2) is 43.2 Å². The van der Waals surface area contributed by atoms with E-state index in [1.807, 2.05) is 37.3 Å². The fraction of sp³-hybridized carbons (Fsp3) is 0.571. The van der Waals surface area contributed by atoms with Crippen molar-refractivity contribution in [1.29, 1.82) is 0 Å². The summed E-state index contributed by atoms with van der Waals surface area (Å²) in [6.07, 6.45) is 4.10. The number of hydrogen-bond donors (Lipinski definition) is 1. The third kappa shape index (κ3) is 5.16. The Hall–Kier alpha value is -1.78. The molecule has 5 nitrogen and oxygen atoms in total. The summed E-state index contributed by atoms with van der Waals surface area (Å²) >= 11 is 0. The Kier molecular flexibility index (Phi) is 6.12. The number of rotatable bonds is 8. The maximum Gasteiger partial charge on any atom is 0.305 e. The van der Waals surface area contributed by atoms with Crippen LogP contribution in [0.3, 0.4) is 0 Å². The van der Waals surface area contributed by atoms with E-state index >= 15 is 0 Å². The molecule has 0 saturated carbocycles. The molecule has 0 radical (unpaired) electrons. The lowest BCUT2D eigenvalue weighted by Gasteiger charge is -2.24. The van der Waals surface area contributed by atoms with Crippen LogP contribution in [0.2, 0.25) is 0 Å². The standard InChI is InChI=1S/C14H23N3O2/c1-4-5-9-17(10-8-14(18)19)12-6-7-13(15-11-12)16(2)3/h6-7,11H,4-5,8-10H2,1-3H3,(H,18,19). The Labute approximate surface area is 114 Å². The highest BCUT2D eigenvalue weighted by atomic mass is 16.4. The molecule has 1 heterocycles. The number of nitrogens with zero attached hydrogens (tertiary/aromatic N) is 3. The highest BCUT2D eigenvalue weighted by Crippen LogP contribution is 2.17. The lowest BCUT2D eigenvalue weighted by molar-refractivity contribution is -0.136. The van der Waals surface area contributed by atoms with E-state index in [-0.39, 0.29) is 6.42 Å². The SMILES string of the molecule is CCCCN(CCC(=O)O)c1ccc(N(C)C)nc1. The molecule has 0 fully saturated rings. The Bertz CT molecular complexity index is 390. The average molecular weight is 265 g/mol. The smallest absolute Gasteiger partial charge is 0.305 e. The van der Waals surface area contributed by atoms with Crippen LogP contribution in [0.5, 0.6) is 0 Å². The van der Waals surface area contributed by atoms with E-state index < -0.39 is 5.97 Å². The molecule has 19 heavy (non-hydrogen) atoms. The molecule has 5 heteroatoms. The number of unbranched alkanes of at least 4 members (excludes halogenated alkanes) is 1. The number of carboxylic acid groups (broad SMARTS) is 1. The summed E-state index contributed by atoms with van der Waals surface area (Å²) in [5, 5.41) is 8.80. The third-order valence-corrected chi connectivity index (χ3v) is 2.93. The number of anilines is 2. The lowest BCUT2D eigenvalue weighted by atomic mass is 10.2. The Balaban J connectivity index is 2.74. The van der Waals surface area contributed by atoms with E-state index in [0.717, 1.165) is 30.9 Å². The van der Waals surface area contributed by atoms with E-state index in [9.17, 15) is 4.79 Å². The molecule has 0 aliphatic rings. The molecule has 0 aromatic carbocycles. The summed E-state index contributed by atoms with van der Waals surface area (Å²) in [5.41, 5.74) is 0.986. The normalized spacial score (nSPS) is 10.3. The molecule has 1 aromatic heterocycles. The first kappa shape index (κ1) is 15.3. The second-order valence-electron chi connectivity index (χ2n) is 4.75. The van der Waals surface area contributed by atoms with Crippen LogP contribution < -0.4 is 9.80 Å². The highest BCUT2D eigenvalue weighted by Gasteiger charge is 2.09. The Morgan fingerprint density at radius 3 is 2.53 bits per heavy atom. The van der Waals surface area contributed by atoms with Crippen molar-refractivity contribution in [3.8, 4) is 0 Å². The van der Waals surface area contributed by atoms with Crippen LogP contribution in [0.1, 0.15) is 26.2 Å². The van der Waals surface area contributed by atoms with Gasteiger partial charge in [0, 0.05) is 27.2 Å². The fourth-order valence-corrected chi connectivity index (χ4v) is 1.78. The van der Waals surface area contributed by atoms with Gasteiger partial charge in [0.15, 0.2) is 0 Å². The van der Waals surface area contributed by atoms with Gasteiger partial charge in [-0.25, -0.2) is 4.98 Å². The van der Waals surface area contributed by atoms with Gasteiger partial charge in [-0.3, -0.25) is 4.79 Å². The number of carbonyl (C=O) groups is 1. The predicted molar refractivity (Wildman–Crippen MR) is 77.9 cm³/mol. The summed E-state index contributed by atoms with van der Waals surface area (Å²) in [5.74, 6) is 0.136. The minimum absolute atomic E-state index is 0.152. The van der Waals surface area contributed by atoms with Crippen molar-refractivity contribution in [2.24, 2.45) is 0 Å². The van der Waals surface area contributed by atoms with E-state index in [0.29, 0.717) is 6.54 Å². The number of pyridine rings is 1. The summed E-state index contributed by atoms with van der Waals surface area (Å²) in [4.78, 5) is 19.1. The van der Waals surface area contributed by atoms with Gasteiger partial charge in [-0.1, -0.05) is 13.3 Å².